The standard InChI is InChI=1S/C13H17N3O2.2ClH/c14-12-8-15(9-3-1-2-4-9)13-6-5-10(16(17)18)7-11(12)13;;/h5-7,9,12H,1-4,8,14H2;2*1H. The van der Waals surface area contributed by atoms with Gasteiger partial charge < -0.3 is 10.6 Å². The van der Waals surface area contributed by atoms with Gasteiger partial charge >= 0.3 is 0 Å². The van der Waals surface area contributed by atoms with Gasteiger partial charge in [0.1, 0.15) is 0 Å². The SMILES string of the molecule is Cl.Cl.NC1CN(C2CCCC2)c2ccc([N+](=O)[O-])cc21. The third-order valence-corrected chi connectivity index (χ3v) is 4.09. The van der Waals surface area contributed by atoms with Crippen LogP contribution in [0.3, 0.4) is 0 Å². The van der Waals surface area contributed by atoms with Crippen molar-refractivity contribution in [2.45, 2.75) is 37.8 Å². The Balaban J connectivity index is 0.000001000. The summed E-state index contributed by atoms with van der Waals surface area (Å²) in [4.78, 5) is 12.8. The average molecular weight is 320 g/mol. The molecule has 5 nitrogen and oxygen atoms in total. The number of anilines is 1. The molecular weight excluding hydrogens is 301 g/mol. The van der Waals surface area contributed by atoms with E-state index < -0.39 is 0 Å². The van der Waals surface area contributed by atoms with Crippen molar-refractivity contribution in [1.29, 1.82) is 0 Å². The maximum absolute atomic E-state index is 10.8. The highest BCUT2D eigenvalue weighted by molar-refractivity contribution is 5.85. The van der Waals surface area contributed by atoms with Gasteiger partial charge in [0.2, 0.25) is 0 Å². The van der Waals surface area contributed by atoms with E-state index in [9.17, 15) is 10.1 Å². The highest BCUT2D eigenvalue weighted by atomic mass is 35.5. The number of nitro benzene ring substituents is 1. The molecular formula is C13H19Cl2N3O2. The third kappa shape index (κ3) is 2.85. The number of nitrogens with two attached hydrogens (primary N) is 1. The first kappa shape index (κ1) is 17.0. The summed E-state index contributed by atoms with van der Waals surface area (Å²) in [6.45, 7) is 0.793. The summed E-state index contributed by atoms with van der Waals surface area (Å²) < 4.78 is 0. The van der Waals surface area contributed by atoms with Crippen LogP contribution in [-0.2, 0) is 0 Å². The van der Waals surface area contributed by atoms with E-state index in [4.69, 9.17) is 5.73 Å². The van der Waals surface area contributed by atoms with Crippen LogP contribution in [0.4, 0.5) is 11.4 Å². The van der Waals surface area contributed by atoms with Crippen molar-refractivity contribution in [3.63, 3.8) is 0 Å². The molecule has 0 amide bonds. The van der Waals surface area contributed by atoms with E-state index in [2.05, 4.69) is 4.90 Å². The fourth-order valence-corrected chi connectivity index (χ4v) is 3.18. The van der Waals surface area contributed by atoms with E-state index >= 15 is 0 Å². The van der Waals surface area contributed by atoms with Gasteiger partial charge in [-0.1, -0.05) is 12.8 Å². The molecule has 0 saturated heterocycles. The summed E-state index contributed by atoms with van der Waals surface area (Å²) in [5.74, 6) is 0. The van der Waals surface area contributed by atoms with E-state index in [1.54, 1.807) is 12.1 Å². The molecule has 1 aromatic rings. The van der Waals surface area contributed by atoms with Crippen molar-refractivity contribution in [1.82, 2.24) is 0 Å². The van der Waals surface area contributed by atoms with Crippen LogP contribution in [-0.4, -0.2) is 17.5 Å². The fourth-order valence-electron chi connectivity index (χ4n) is 3.18. The van der Waals surface area contributed by atoms with Crippen LogP contribution in [0.15, 0.2) is 18.2 Å². The van der Waals surface area contributed by atoms with Gasteiger partial charge in [-0.25, -0.2) is 0 Å². The van der Waals surface area contributed by atoms with Crippen molar-refractivity contribution in [2.24, 2.45) is 5.73 Å². The highest BCUT2D eigenvalue weighted by Gasteiger charge is 2.33. The summed E-state index contributed by atoms with van der Waals surface area (Å²) in [5, 5.41) is 10.8. The molecule has 3 rings (SSSR count). The summed E-state index contributed by atoms with van der Waals surface area (Å²) in [6, 6.07) is 5.55. The molecule has 1 saturated carbocycles. The van der Waals surface area contributed by atoms with Gasteiger partial charge in [-0.3, -0.25) is 10.1 Å². The minimum atomic E-state index is -0.356. The second kappa shape index (κ2) is 6.61. The first-order valence-electron chi connectivity index (χ1n) is 6.47. The lowest BCUT2D eigenvalue weighted by Crippen LogP contribution is -2.33. The van der Waals surface area contributed by atoms with Gasteiger partial charge in [-0.05, 0) is 18.9 Å². The molecule has 1 aliphatic heterocycles. The number of nitrogens with zero attached hydrogens (tertiary/aromatic N) is 2. The molecule has 20 heavy (non-hydrogen) atoms. The number of non-ortho nitro benzene ring substituents is 1. The minimum absolute atomic E-state index is 0. The Kier molecular flexibility index (Phi) is 5.62. The van der Waals surface area contributed by atoms with E-state index in [1.807, 2.05) is 6.07 Å². The number of rotatable bonds is 2. The molecule has 7 heteroatoms. The molecule has 2 aliphatic rings. The monoisotopic (exact) mass is 319 g/mol. The Morgan fingerprint density at radius 1 is 1.25 bits per heavy atom. The Hall–Kier alpha value is -1.04. The smallest absolute Gasteiger partial charge is 0.269 e. The molecule has 0 bridgehead atoms. The number of fused-ring (bicyclic) bond motifs is 1. The van der Waals surface area contributed by atoms with Gasteiger partial charge in [0.05, 0.1) is 4.92 Å². The van der Waals surface area contributed by atoms with Crippen LogP contribution < -0.4 is 10.6 Å². The topological polar surface area (TPSA) is 72.4 Å². The first-order valence-corrected chi connectivity index (χ1v) is 6.47. The quantitative estimate of drug-likeness (QED) is 0.671. The van der Waals surface area contributed by atoms with Crippen molar-refractivity contribution in [2.75, 3.05) is 11.4 Å². The van der Waals surface area contributed by atoms with E-state index in [-0.39, 0.29) is 41.5 Å². The number of nitro groups is 1. The zero-order valence-corrected chi connectivity index (χ0v) is 12.7. The zero-order valence-electron chi connectivity index (χ0n) is 11.0. The molecule has 1 fully saturated rings. The third-order valence-electron chi connectivity index (χ3n) is 4.09. The summed E-state index contributed by atoms with van der Waals surface area (Å²) in [6.07, 6.45) is 4.98. The van der Waals surface area contributed by atoms with E-state index in [0.717, 1.165) is 17.8 Å². The van der Waals surface area contributed by atoms with Crippen molar-refractivity contribution in [3.05, 3.63) is 33.9 Å². The van der Waals surface area contributed by atoms with Crippen molar-refractivity contribution >= 4 is 36.2 Å². The molecule has 1 unspecified atom stereocenters. The van der Waals surface area contributed by atoms with Crippen LogP contribution in [0.5, 0.6) is 0 Å². The zero-order chi connectivity index (χ0) is 12.7. The van der Waals surface area contributed by atoms with Gasteiger partial charge in [0.25, 0.3) is 5.69 Å². The molecule has 112 valence electrons. The van der Waals surface area contributed by atoms with Gasteiger partial charge in [0, 0.05) is 42.0 Å². The van der Waals surface area contributed by atoms with Crippen LogP contribution in [0.25, 0.3) is 0 Å². The maximum Gasteiger partial charge on any atom is 0.269 e. The lowest BCUT2D eigenvalue weighted by Gasteiger charge is -2.26. The molecule has 0 aromatic heterocycles. The van der Waals surface area contributed by atoms with Crippen molar-refractivity contribution < 1.29 is 4.92 Å². The Morgan fingerprint density at radius 2 is 1.90 bits per heavy atom. The fraction of sp³-hybridized carbons (Fsp3) is 0.538. The molecule has 0 spiro atoms. The second-order valence-electron chi connectivity index (χ2n) is 5.20. The number of halogens is 2. The lowest BCUT2D eigenvalue weighted by molar-refractivity contribution is -0.384. The number of benzene rings is 1. The normalized spacial score (nSPS) is 21.1. The van der Waals surface area contributed by atoms with E-state index in [1.165, 1.54) is 25.7 Å². The molecule has 1 atom stereocenters. The average Bonchev–Trinajstić information content (AvgIpc) is 2.97. The van der Waals surface area contributed by atoms with Crippen LogP contribution >= 0.6 is 24.8 Å². The maximum atomic E-state index is 10.8. The Bertz CT molecular complexity index is 493. The van der Waals surface area contributed by atoms with Crippen LogP contribution in [0.1, 0.15) is 37.3 Å². The second-order valence-corrected chi connectivity index (χ2v) is 5.20. The summed E-state index contributed by atoms with van der Waals surface area (Å²) in [7, 11) is 0. The number of hydrogen-bond donors (Lipinski definition) is 1. The molecule has 2 N–H and O–H groups in total. The van der Waals surface area contributed by atoms with Gasteiger partial charge in [-0.15, -0.1) is 24.8 Å². The van der Waals surface area contributed by atoms with Gasteiger partial charge in [-0.2, -0.15) is 0 Å². The molecule has 0 radical (unpaired) electrons. The first-order chi connectivity index (χ1) is 8.66. The van der Waals surface area contributed by atoms with Crippen molar-refractivity contribution in [3.8, 4) is 0 Å². The van der Waals surface area contributed by atoms with Crippen LogP contribution in [0, 0.1) is 10.1 Å². The Morgan fingerprint density at radius 3 is 2.50 bits per heavy atom. The number of hydrogen-bond acceptors (Lipinski definition) is 4. The minimum Gasteiger partial charge on any atom is -0.366 e. The molecule has 1 heterocycles. The summed E-state index contributed by atoms with van der Waals surface area (Å²) in [5.41, 5.74) is 8.27. The van der Waals surface area contributed by atoms with Gasteiger partial charge in [0.15, 0.2) is 0 Å². The van der Waals surface area contributed by atoms with E-state index in [0.29, 0.717) is 6.04 Å². The summed E-state index contributed by atoms with van der Waals surface area (Å²) >= 11 is 0. The molecule has 1 aromatic carbocycles. The largest absolute Gasteiger partial charge is 0.366 e. The lowest BCUT2D eigenvalue weighted by atomic mass is 10.1. The Labute approximate surface area is 130 Å². The highest BCUT2D eigenvalue weighted by Crippen LogP contribution is 2.40. The predicted molar refractivity (Wildman–Crippen MR) is 84.1 cm³/mol. The molecule has 1 aliphatic carbocycles. The predicted octanol–water partition coefficient (Wildman–Crippen LogP) is 3.20. The van der Waals surface area contributed by atoms with Crippen LogP contribution in [0.2, 0.25) is 0 Å².